The molecule has 0 atom stereocenters. The maximum absolute atomic E-state index is 12.9. The summed E-state index contributed by atoms with van der Waals surface area (Å²) in [6, 6.07) is 4.81. The van der Waals surface area contributed by atoms with E-state index in [0.29, 0.717) is 17.0 Å². The zero-order valence-corrected chi connectivity index (χ0v) is 17.4. The van der Waals surface area contributed by atoms with Crippen LogP contribution in [-0.4, -0.2) is 47.2 Å². The van der Waals surface area contributed by atoms with Gasteiger partial charge in [0.15, 0.2) is 0 Å². The molecule has 0 unspecified atom stereocenters. The summed E-state index contributed by atoms with van der Waals surface area (Å²) >= 11 is 0. The number of esters is 1. The molecule has 0 bridgehead atoms. The van der Waals surface area contributed by atoms with Crippen molar-refractivity contribution in [2.45, 2.75) is 39.0 Å². The minimum absolute atomic E-state index is 0.0667. The Morgan fingerprint density at radius 3 is 2.55 bits per heavy atom. The van der Waals surface area contributed by atoms with Gasteiger partial charge in [-0.1, -0.05) is 12.1 Å². The van der Waals surface area contributed by atoms with Gasteiger partial charge in [-0.15, -0.1) is 5.10 Å². The quantitative estimate of drug-likeness (QED) is 0.602. The summed E-state index contributed by atoms with van der Waals surface area (Å²) in [6.45, 7) is 6.85. The predicted molar refractivity (Wildman–Crippen MR) is 105 cm³/mol. The predicted octanol–water partition coefficient (Wildman–Crippen LogP) is 2.12. The lowest BCUT2D eigenvalue weighted by Crippen LogP contribution is -2.20. The van der Waals surface area contributed by atoms with E-state index >= 15 is 0 Å². The molecule has 0 fully saturated rings. The van der Waals surface area contributed by atoms with Crippen LogP contribution in [0.4, 0.5) is 5.69 Å². The molecule has 154 valence electrons. The second-order valence-electron chi connectivity index (χ2n) is 6.63. The van der Waals surface area contributed by atoms with Crippen molar-refractivity contribution in [3.8, 4) is 5.88 Å². The monoisotopic (exact) mass is 419 g/mol. The van der Waals surface area contributed by atoms with E-state index in [0.717, 1.165) is 0 Å². The van der Waals surface area contributed by atoms with Gasteiger partial charge in [0.25, 0.3) is 21.0 Å². The molecule has 3 rings (SSSR count). The van der Waals surface area contributed by atoms with Gasteiger partial charge in [0, 0.05) is 11.8 Å². The molecule has 1 N–H and O–H groups in total. The van der Waals surface area contributed by atoms with Crippen LogP contribution in [0.15, 0.2) is 29.6 Å². The summed E-state index contributed by atoms with van der Waals surface area (Å²) < 4.78 is 39.8. The first-order chi connectivity index (χ1) is 13.6. The van der Waals surface area contributed by atoms with E-state index in [9.17, 15) is 13.2 Å². The molecule has 10 nitrogen and oxygen atoms in total. The van der Waals surface area contributed by atoms with Crippen LogP contribution >= 0.6 is 0 Å². The number of nitrogens with one attached hydrogen (secondary N) is 1. The fraction of sp³-hybridized carbons (Fsp3) is 0.333. The molecular formula is C18H21N5O5S. The Morgan fingerprint density at radius 1 is 1.17 bits per heavy atom. The Morgan fingerprint density at radius 2 is 1.90 bits per heavy atom. The molecule has 11 heteroatoms. The third-order valence-electron chi connectivity index (χ3n) is 3.95. The van der Waals surface area contributed by atoms with Crippen LogP contribution in [0.5, 0.6) is 5.88 Å². The standard InChI is InChI=1S/C18H21N5O5S/c1-10(2)28-16(24)13-8-6-7-11(3)14(13)22-29(25,26)18-20-17-19-15(27-5)12(4)9-23(17)21-18/h6-10,22H,1-5H3. The number of aromatic nitrogens is 4. The molecule has 0 aliphatic carbocycles. The van der Waals surface area contributed by atoms with Crippen molar-refractivity contribution < 1.29 is 22.7 Å². The first kappa shape index (κ1) is 20.5. The smallest absolute Gasteiger partial charge is 0.340 e. The van der Waals surface area contributed by atoms with E-state index in [1.54, 1.807) is 46.0 Å². The molecule has 2 aromatic heterocycles. The van der Waals surface area contributed by atoms with Crippen molar-refractivity contribution in [1.29, 1.82) is 0 Å². The number of ether oxygens (including phenoxy) is 2. The summed E-state index contributed by atoms with van der Waals surface area (Å²) in [5.74, 6) is -0.247. The fourth-order valence-electron chi connectivity index (χ4n) is 2.63. The Bertz CT molecular complexity index is 1190. The van der Waals surface area contributed by atoms with Crippen LogP contribution in [0.1, 0.15) is 35.3 Å². The number of carbonyl (C=O) groups excluding carboxylic acids is 1. The lowest BCUT2D eigenvalue weighted by molar-refractivity contribution is 0.0379. The van der Waals surface area contributed by atoms with E-state index in [-0.39, 0.29) is 23.1 Å². The van der Waals surface area contributed by atoms with E-state index in [2.05, 4.69) is 19.8 Å². The number of nitrogens with zero attached hydrogens (tertiary/aromatic N) is 4. The number of methoxy groups -OCH3 is 1. The maximum atomic E-state index is 12.9. The Kier molecular flexibility index (Phi) is 5.42. The molecule has 0 saturated carbocycles. The first-order valence-electron chi connectivity index (χ1n) is 8.74. The van der Waals surface area contributed by atoms with Gasteiger partial charge in [0.05, 0.1) is 24.5 Å². The average molecular weight is 419 g/mol. The molecule has 29 heavy (non-hydrogen) atoms. The van der Waals surface area contributed by atoms with Gasteiger partial charge in [0.1, 0.15) is 0 Å². The van der Waals surface area contributed by atoms with E-state index in [4.69, 9.17) is 9.47 Å². The first-order valence-corrected chi connectivity index (χ1v) is 10.2. The van der Waals surface area contributed by atoms with Crippen molar-refractivity contribution in [3.63, 3.8) is 0 Å². The van der Waals surface area contributed by atoms with Gasteiger partial charge in [-0.2, -0.15) is 18.4 Å². The zero-order valence-electron chi connectivity index (χ0n) is 16.6. The minimum Gasteiger partial charge on any atom is -0.481 e. The minimum atomic E-state index is -4.20. The third kappa shape index (κ3) is 4.14. The highest BCUT2D eigenvalue weighted by molar-refractivity contribution is 7.92. The van der Waals surface area contributed by atoms with Crippen LogP contribution < -0.4 is 9.46 Å². The lowest BCUT2D eigenvalue weighted by Gasteiger charge is -2.14. The second-order valence-corrected chi connectivity index (χ2v) is 8.21. The van der Waals surface area contributed by atoms with Gasteiger partial charge < -0.3 is 9.47 Å². The zero-order chi connectivity index (χ0) is 21.3. The number of sulfonamides is 1. The van der Waals surface area contributed by atoms with E-state index in [1.807, 2.05) is 0 Å². The van der Waals surface area contributed by atoms with Crippen LogP contribution in [0, 0.1) is 13.8 Å². The van der Waals surface area contributed by atoms with Gasteiger partial charge in [-0.05, 0) is 39.3 Å². The summed E-state index contributed by atoms with van der Waals surface area (Å²) in [7, 11) is -2.74. The molecule has 0 spiro atoms. The number of carbonyl (C=O) groups is 1. The molecule has 0 aliphatic heterocycles. The number of para-hydroxylation sites is 1. The lowest BCUT2D eigenvalue weighted by atomic mass is 10.1. The van der Waals surface area contributed by atoms with Crippen molar-refractivity contribution in [2.24, 2.45) is 0 Å². The third-order valence-corrected chi connectivity index (χ3v) is 5.08. The molecule has 0 radical (unpaired) electrons. The van der Waals surface area contributed by atoms with Crippen LogP contribution in [0.25, 0.3) is 5.78 Å². The Balaban J connectivity index is 2.02. The topological polar surface area (TPSA) is 125 Å². The van der Waals surface area contributed by atoms with Crippen molar-refractivity contribution in [1.82, 2.24) is 19.6 Å². The number of aryl methyl sites for hydroxylation is 2. The molecule has 3 aromatic rings. The van der Waals surface area contributed by atoms with Gasteiger partial charge in [-0.3, -0.25) is 4.72 Å². The summed E-state index contributed by atoms with van der Waals surface area (Å²) in [4.78, 5) is 20.5. The second kappa shape index (κ2) is 7.66. The highest BCUT2D eigenvalue weighted by Gasteiger charge is 2.26. The van der Waals surface area contributed by atoms with Gasteiger partial charge in [0.2, 0.25) is 5.88 Å². The Labute approximate surface area is 167 Å². The molecule has 1 aromatic carbocycles. The highest BCUT2D eigenvalue weighted by atomic mass is 32.2. The fourth-order valence-corrected chi connectivity index (χ4v) is 3.66. The maximum Gasteiger partial charge on any atom is 0.340 e. The molecular weight excluding hydrogens is 398 g/mol. The number of anilines is 1. The molecule has 0 saturated heterocycles. The van der Waals surface area contributed by atoms with Crippen molar-refractivity contribution in [3.05, 3.63) is 41.1 Å². The SMILES string of the molecule is COc1nc2nc(S(=O)(=O)Nc3c(C)cccc3C(=O)OC(C)C)nn2cc1C. The van der Waals surface area contributed by atoms with Crippen molar-refractivity contribution >= 4 is 27.5 Å². The summed E-state index contributed by atoms with van der Waals surface area (Å²) in [5.41, 5.74) is 1.42. The number of hydrogen-bond acceptors (Lipinski definition) is 8. The van der Waals surface area contributed by atoms with Gasteiger partial charge >= 0.3 is 5.97 Å². The van der Waals surface area contributed by atoms with Crippen LogP contribution in [-0.2, 0) is 14.8 Å². The largest absolute Gasteiger partial charge is 0.481 e. The van der Waals surface area contributed by atoms with E-state index in [1.165, 1.54) is 17.7 Å². The highest BCUT2D eigenvalue weighted by Crippen LogP contribution is 2.25. The van der Waals surface area contributed by atoms with Crippen LogP contribution in [0.2, 0.25) is 0 Å². The molecule has 2 heterocycles. The van der Waals surface area contributed by atoms with Gasteiger partial charge in [-0.25, -0.2) is 9.31 Å². The number of fused-ring (bicyclic) bond motifs is 1. The Hall–Kier alpha value is -3.21. The number of benzene rings is 1. The summed E-state index contributed by atoms with van der Waals surface area (Å²) in [5, 5.41) is 3.51. The molecule has 0 amide bonds. The molecule has 0 aliphatic rings. The summed E-state index contributed by atoms with van der Waals surface area (Å²) in [6.07, 6.45) is 1.21. The van der Waals surface area contributed by atoms with E-state index < -0.39 is 21.1 Å². The normalized spacial score (nSPS) is 11.7. The number of hydrogen-bond donors (Lipinski definition) is 1. The average Bonchev–Trinajstić information content (AvgIpc) is 3.05. The van der Waals surface area contributed by atoms with Crippen LogP contribution in [0.3, 0.4) is 0 Å². The number of rotatable bonds is 6. The van der Waals surface area contributed by atoms with Crippen molar-refractivity contribution in [2.75, 3.05) is 11.8 Å².